The highest BCUT2D eigenvalue weighted by molar-refractivity contribution is 7.14. The lowest BCUT2D eigenvalue weighted by atomic mass is 10.2. The molecule has 0 saturated carbocycles. The van der Waals surface area contributed by atoms with Gasteiger partial charge in [0.1, 0.15) is 5.82 Å². The second-order valence-corrected chi connectivity index (χ2v) is 8.00. The molecule has 1 aromatic heterocycles. The predicted octanol–water partition coefficient (Wildman–Crippen LogP) is 4.52. The summed E-state index contributed by atoms with van der Waals surface area (Å²) in [6, 6.07) is 13.2. The van der Waals surface area contributed by atoms with Crippen LogP contribution in [0.1, 0.15) is 31.8 Å². The normalized spacial score (nSPS) is 10.4. The SMILES string of the molecule is CCc1ccc(C(=O)COC(=O)c2ccc(OCC(=O)Nc3ccc(F)cc3)c(OC)c2)s1. The van der Waals surface area contributed by atoms with E-state index in [0.717, 1.165) is 11.3 Å². The number of methoxy groups -OCH3 is 1. The van der Waals surface area contributed by atoms with Crippen LogP contribution in [0.4, 0.5) is 10.1 Å². The molecule has 0 spiro atoms. The molecule has 3 rings (SSSR count). The fourth-order valence-corrected chi connectivity index (χ4v) is 3.66. The number of rotatable bonds is 10. The Balaban J connectivity index is 1.55. The molecular formula is C24H22FNO6S. The van der Waals surface area contributed by atoms with Gasteiger partial charge in [-0.05, 0) is 61.0 Å². The van der Waals surface area contributed by atoms with Crippen LogP contribution >= 0.6 is 11.3 Å². The van der Waals surface area contributed by atoms with E-state index in [0.29, 0.717) is 10.6 Å². The number of halogens is 1. The maximum absolute atomic E-state index is 12.9. The van der Waals surface area contributed by atoms with Crippen LogP contribution in [0, 0.1) is 5.82 Å². The highest BCUT2D eigenvalue weighted by atomic mass is 32.1. The van der Waals surface area contributed by atoms with Crippen molar-refractivity contribution >= 4 is 34.7 Å². The third-order valence-corrected chi connectivity index (χ3v) is 5.78. The van der Waals surface area contributed by atoms with Gasteiger partial charge in [0, 0.05) is 10.6 Å². The van der Waals surface area contributed by atoms with Crippen molar-refractivity contribution in [3.8, 4) is 11.5 Å². The predicted molar refractivity (Wildman–Crippen MR) is 122 cm³/mol. The Hall–Kier alpha value is -3.72. The molecule has 0 saturated heterocycles. The third-order valence-electron chi connectivity index (χ3n) is 4.51. The number of ether oxygens (including phenoxy) is 3. The molecule has 0 aliphatic rings. The number of benzene rings is 2. The lowest BCUT2D eigenvalue weighted by Crippen LogP contribution is -2.20. The average Bonchev–Trinajstić information content (AvgIpc) is 3.32. The highest BCUT2D eigenvalue weighted by Gasteiger charge is 2.16. The van der Waals surface area contributed by atoms with Gasteiger partial charge in [-0.1, -0.05) is 6.92 Å². The first-order valence-electron chi connectivity index (χ1n) is 10.0. The van der Waals surface area contributed by atoms with Crippen LogP contribution in [0.15, 0.2) is 54.6 Å². The van der Waals surface area contributed by atoms with Crippen LogP contribution in [-0.4, -0.2) is 38.0 Å². The number of carbonyl (C=O) groups is 3. The van der Waals surface area contributed by atoms with E-state index in [1.54, 1.807) is 6.07 Å². The van der Waals surface area contributed by atoms with Crippen LogP contribution in [0.5, 0.6) is 11.5 Å². The summed E-state index contributed by atoms with van der Waals surface area (Å²) in [5.74, 6) is -1.36. The smallest absolute Gasteiger partial charge is 0.338 e. The molecule has 33 heavy (non-hydrogen) atoms. The van der Waals surface area contributed by atoms with Crippen molar-refractivity contribution in [2.24, 2.45) is 0 Å². The summed E-state index contributed by atoms with van der Waals surface area (Å²) in [6.45, 7) is 1.30. The molecule has 3 aromatic rings. The molecule has 2 aromatic carbocycles. The van der Waals surface area contributed by atoms with E-state index in [-0.39, 0.29) is 36.1 Å². The second kappa shape index (κ2) is 11.2. The largest absolute Gasteiger partial charge is 0.493 e. The highest BCUT2D eigenvalue weighted by Crippen LogP contribution is 2.28. The number of nitrogens with one attached hydrogen (secondary N) is 1. The summed E-state index contributed by atoms with van der Waals surface area (Å²) in [6.07, 6.45) is 0.833. The van der Waals surface area contributed by atoms with Crippen LogP contribution in [-0.2, 0) is 16.0 Å². The zero-order chi connectivity index (χ0) is 23.8. The summed E-state index contributed by atoms with van der Waals surface area (Å²) < 4.78 is 28.8. The van der Waals surface area contributed by atoms with E-state index in [1.165, 1.54) is 60.9 Å². The minimum atomic E-state index is -0.686. The van der Waals surface area contributed by atoms with Gasteiger partial charge in [-0.2, -0.15) is 0 Å². The monoisotopic (exact) mass is 471 g/mol. The number of ketones is 1. The molecule has 0 radical (unpaired) electrons. The second-order valence-electron chi connectivity index (χ2n) is 6.83. The number of hydrogen-bond acceptors (Lipinski definition) is 7. The zero-order valence-corrected chi connectivity index (χ0v) is 18.9. The number of Topliss-reactive ketones (excluding diaryl/α,β-unsaturated/α-hetero) is 1. The first kappa shape index (κ1) is 23.9. The molecule has 172 valence electrons. The van der Waals surface area contributed by atoms with Crippen molar-refractivity contribution in [1.82, 2.24) is 0 Å². The van der Waals surface area contributed by atoms with Crippen LogP contribution in [0.25, 0.3) is 0 Å². The Kier molecular flexibility index (Phi) is 8.15. The fraction of sp³-hybridized carbons (Fsp3) is 0.208. The summed E-state index contributed by atoms with van der Waals surface area (Å²) >= 11 is 1.38. The Morgan fingerprint density at radius 3 is 2.39 bits per heavy atom. The summed E-state index contributed by atoms with van der Waals surface area (Å²) in [7, 11) is 1.39. The molecule has 1 amide bonds. The summed E-state index contributed by atoms with van der Waals surface area (Å²) in [5.41, 5.74) is 0.598. The summed E-state index contributed by atoms with van der Waals surface area (Å²) in [5, 5.41) is 2.58. The van der Waals surface area contributed by atoms with Gasteiger partial charge in [0.2, 0.25) is 5.78 Å². The third kappa shape index (κ3) is 6.63. The van der Waals surface area contributed by atoms with E-state index in [4.69, 9.17) is 14.2 Å². The van der Waals surface area contributed by atoms with Gasteiger partial charge in [0.05, 0.1) is 17.6 Å². The van der Waals surface area contributed by atoms with E-state index >= 15 is 0 Å². The molecule has 0 bridgehead atoms. The quantitative estimate of drug-likeness (QED) is 0.346. The van der Waals surface area contributed by atoms with Gasteiger partial charge in [0.25, 0.3) is 5.91 Å². The maximum atomic E-state index is 12.9. The first-order valence-corrected chi connectivity index (χ1v) is 10.9. The van der Waals surface area contributed by atoms with Gasteiger partial charge in [-0.15, -0.1) is 11.3 Å². The lowest BCUT2D eigenvalue weighted by Gasteiger charge is -2.12. The van der Waals surface area contributed by atoms with Gasteiger partial charge in [-0.3, -0.25) is 9.59 Å². The Bertz CT molecular complexity index is 1140. The van der Waals surface area contributed by atoms with Crippen molar-refractivity contribution < 1.29 is 33.0 Å². The molecule has 0 atom stereocenters. The van der Waals surface area contributed by atoms with Crippen molar-refractivity contribution in [3.05, 3.63) is 75.7 Å². The number of esters is 1. The number of amides is 1. The summed E-state index contributed by atoms with van der Waals surface area (Å²) in [4.78, 5) is 38.2. The van der Waals surface area contributed by atoms with E-state index in [1.807, 2.05) is 13.0 Å². The number of carbonyl (C=O) groups excluding carboxylic acids is 3. The number of aryl methyl sites for hydroxylation is 1. The van der Waals surface area contributed by atoms with E-state index in [2.05, 4.69) is 5.32 Å². The molecule has 1 heterocycles. The van der Waals surface area contributed by atoms with Gasteiger partial charge < -0.3 is 19.5 Å². The minimum Gasteiger partial charge on any atom is -0.493 e. The number of hydrogen-bond donors (Lipinski definition) is 1. The average molecular weight is 472 g/mol. The Morgan fingerprint density at radius 2 is 1.73 bits per heavy atom. The molecule has 0 unspecified atom stereocenters. The lowest BCUT2D eigenvalue weighted by molar-refractivity contribution is -0.118. The van der Waals surface area contributed by atoms with Gasteiger partial charge >= 0.3 is 5.97 Å². The van der Waals surface area contributed by atoms with Crippen molar-refractivity contribution in [1.29, 1.82) is 0 Å². The van der Waals surface area contributed by atoms with Crippen molar-refractivity contribution in [3.63, 3.8) is 0 Å². The Morgan fingerprint density at radius 1 is 0.970 bits per heavy atom. The standard InChI is InChI=1S/C24H22FNO6S/c1-3-18-9-11-22(33-18)19(27)13-32-24(29)15-4-10-20(21(12-15)30-2)31-14-23(28)26-17-7-5-16(25)6-8-17/h4-12H,3,13-14H2,1-2H3,(H,26,28). The minimum absolute atomic E-state index is 0.170. The molecule has 0 aliphatic heterocycles. The topological polar surface area (TPSA) is 90.9 Å². The first-order chi connectivity index (χ1) is 15.9. The van der Waals surface area contributed by atoms with Crippen LogP contribution in [0.2, 0.25) is 0 Å². The number of anilines is 1. The molecule has 9 heteroatoms. The van der Waals surface area contributed by atoms with E-state index in [9.17, 15) is 18.8 Å². The van der Waals surface area contributed by atoms with Gasteiger partial charge in [0.15, 0.2) is 24.7 Å². The fourth-order valence-electron chi connectivity index (χ4n) is 2.79. The molecule has 0 fully saturated rings. The van der Waals surface area contributed by atoms with Gasteiger partial charge in [-0.25, -0.2) is 9.18 Å². The molecular weight excluding hydrogens is 449 g/mol. The van der Waals surface area contributed by atoms with Crippen molar-refractivity contribution in [2.45, 2.75) is 13.3 Å². The van der Waals surface area contributed by atoms with E-state index < -0.39 is 17.7 Å². The maximum Gasteiger partial charge on any atom is 0.338 e. The number of thiophene rings is 1. The Labute approximate surface area is 194 Å². The molecule has 0 aliphatic carbocycles. The van der Waals surface area contributed by atoms with Crippen LogP contribution < -0.4 is 14.8 Å². The molecule has 7 nitrogen and oxygen atoms in total. The van der Waals surface area contributed by atoms with Crippen molar-refractivity contribution in [2.75, 3.05) is 25.6 Å². The molecule has 1 N–H and O–H groups in total. The van der Waals surface area contributed by atoms with Crippen LogP contribution in [0.3, 0.4) is 0 Å². The zero-order valence-electron chi connectivity index (χ0n) is 18.1.